The largest absolute Gasteiger partial charge is 0.392 e. The van der Waals surface area contributed by atoms with Gasteiger partial charge in [-0.05, 0) is 11.6 Å². The second-order valence-corrected chi connectivity index (χ2v) is 4.37. The summed E-state index contributed by atoms with van der Waals surface area (Å²) < 4.78 is 162. The van der Waals surface area contributed by atoms with Gasteiger partial charge in [0.25, 0.3) is 6.43 Å². The maximum atomic E-state index is 12.8. The van der Waals surface area contributed by atoms with Crippen molar-refractivity contribution in [2.75, 3.05) is 0 Å². The summed E-state index contributed by atoms with van der Waals surface area (Å²) in [5, 5.41) is -6.33. The number of rotatable bonds is 7. The Kier molecular flexibility index (Phi) is 5.94. The molecule has 0 saturated heterocycles. The molecule has 0 aromatic carbocycles. The zero-order chi connectivity index (χ0) is 18.3. The molecule has 0 radical (unpaired) electrons. The Morgan fingerprint density at radius 3 is 1.23 bits per heavy atom. The lowest BCUT2D eigenvalue weighted by atomic mass is 9.96. The average Bonchev–Trinajstić information content (AvgIpc) is 2.33. The normalized spacial score (nSPS) is 19.2. The van der Waals surface area contributed by atoms with Crippen molar-refractivity contribution in [3.63, 3.8) is 0 Å². The van der Waals surface area contributed by atoms with E-state index in [0.717, 1.165) is 0 Å². The van der Waals surface area contributed by atoms with Gasteiger partial charge in [-0.15, -0.1) is 0 Å². The molecule has 0 aliphatic rings. The molecule has 0 aromatic heterocycles. The summed E-state index contributed by atoms with van der Waals surface area (Å²) in [7, 11) is 0. The van der Waals surface area contributed by atoms with E-state index in [1.165, 1.54) is 0 Å². The van der Waals surface area contributed by atoms with Crippen molar-refractivity contribution in [1.29, 1.82) is 0 Å². The molecule has 134 valence electrons. The van der Waals surface area contributed by atoms with E-state index in [9.17, 15) is 57.1 Å². The molecule has 0 rings (SSSR count). The molecule has 0 heterocycles. The van der Waals surface area contributed by atoms with Crippen molar-refractivity contribution < 1.29 is 57.1 Å². The molecule has 0 N–H and O–H groups in total. The summed E-state index contributed by atoms with van der Waals surface area (Å²) in [5.74, 6) is -21.4. The minimum Gasteiger partial charge on any atom is -0.241 e. The molecular weight excluding hydrogens is 379 g/mol. The zero-order valence-electron chi connectivity index (χ0n) is 9.60. The van der Waals surface area contributed by atoms with Crippen molar-refractivity contribution in [2.45, 2.75) is 48.1 Å². The van der Waals surface area contributed by atoms with Crippen molar-refractivity contribution in [3.05, 3.63) is 0 Å². The van der Waals surface area contributed by atoms with Gasteiger partial charge < -0.3 is 0 Å². The number of halogens is 14. The highest BCUT2D eigenvalue weighted by atomic mass is 35.5. The highest BCUT2D eigenvalue weighted by molar-refractivity contribution is 6.22. The van der Waals surface area contributed by atoms with Gasteiger partial charge in [-0.1, -0.05) is 0 Å². The molecular formula is C8H4ClF13. The number of alkyl halides is 14. The van der Waals surface area contributed by atoms with Crippen LogP contribution in [0.1, 0.15) is 0 Å². The third-order valence-electron chi connectivity index (χ3n) is 2.34. The predicted octanol–water partition coefficient (Wildman–Crippen LogP) is 5.00. The molecule has 0 bridgehead atoms. The van der Waals surface area contributed by atoms with Gasteiger partial charge >= 0.3 is 23.1 Å². The summed E-state index contributed by atoms with van der Waals surface area (Å²) in [6, 6.07) is 0. The molecule has 22 heavy (non-hydrogen) atoms. The lowest BCUT2D eigenvalue weighted by molar-refractivity contribution is -0.363. The van der Waals surface area contributed by atoms with Gasteiger partial charge in [0.05, 0.1) is 0 Å². The Hall–Kier alpha value is -0.620. The van der Waals surface area contributed by atoms with Crippen molar-refractivity contribution in [1.82, 2.24) is 0 Å². The second kappa shape index (κ2) is 6.11. The van der Waals surface area contributed by atoms with Crippen molar-refractivity contribution >= 4 is 11.6 Å². The summed E-state index contributed by atoms with van der Waals surface area (Å²) in [6.45, 7) is 0. The van der Waals surface area contributed by atoms with Crippen LogP contribution in [0.2, 0.25) is 0 Å². The molecule has 3 atom stereocenters. The first-order valence-corrected chi connectivity index (χ1v) is 5.21. The average molecular weight is 383 g/mol. The van der Waals surface area contributed by atoms with Gasteiger partial charge in [0.1, 0.15) is 0 Å². The number of hydrogen-bond donors (Lipinski definition) is 0. The zero-order valence-corrected chi connectivity index (χ0v) is 10.4. The fourth-order valence-electron chi connectivity index (χ4n) is 1.06. The highest BCUT2D eigenvalue weighted by Gasteiger charge is 2.83. The van der Waals surface area contributed by atoms with Gasteiger partial charge in [-0.3, -0.25) is 0 Å². The minimum atomic E-state index is -7.32. The summed E-state index contributed by atoms with van der Waals surface area (Å²) in [5.41, 5.74) is 0. The van der Waals surface area contributed by atoms with E-state index in [-0.39, 0.29) is 0 Å². The standard InChI is InChI=1S/C8H4ClF13/c9-8(21,22)7(19,20)6(17,18)5(15,16)3(12)1(10)2(11)4(13)14/h1-4H. The van der Waals surface area contributed by atoms with E-state index in [2.05, 4.69) is 11.6 Å². The van der Waals surface area contributed by atoms with E-state index >= 15 is 0 Å². The molecule has 3 unspecified atom stereocenters. The van der Waals surface area contributed by atoms with Gasteiger partial charge in [0, 0.05) is 0 Å². The molecule has 0 aliphatic carbocycles. The topological polar surface area (TPSA) is 0 Å². The lowest BCUT2D eigenvalue weighted by Crippen LogP contribution is -2.65. The van der Waals surface area contributed by atoms with Gasteiger partial charge in [0.2, 0.25) is 6.17 Å². The van der Waals surface area contributed by atoms with Crippen LogP contribution in [0.3, 0.4) is 0 Å². The van der Waals surface area contributed by atoms with E-state index < -0.39 is 48.1 Å². The monoisotopic (exact) mass is 382 g/mol. The van der Waals surface area contributed by atoms with Crippen LogP contribution >= 0.6 is 11.6 Å². The van der Waals surface area contributed by atoms with Crippen LogP contribution in [0.5, 0.6) is 0 Å². The third kappa shape index (κ3) is 3.32. The molecule has 14 heteroatoms. The minimum absolute atomic E-state index is 3.51. The third-order valence-corrected chi connectivity index (χ3v) is 2.58. The molecule has 0 fully saturated rings. The van der Waals surface area contributed by atoms with Crippen LogP contribution in [0, 0.1) is 0 Å². The van der Waals surface area contributed by atoms with Crippen LogP contribution in [0.15, 0.2) is 0 Å². The molecule has 0 nitrogen and oxygen atoms in total. The van der Waals surface area contributed by atoms with Crippen LogP contribution in [0.4, 0.5) is 57.1 Å². The van der Waals surface area contributed by atoms with Gasteiger partial charge in [-0.25, -0.2) is 22.0 Å². The summed E-state index contributed by atoms with van der Waals surface area (Å²) in [6.07, 6.45) is -18.8. The van der Waals surface area contributed by atoms with E-state index in [1.54, 1.807) is 0 Å². The Bertz CT molecular complexity index is 375. The van der Waals surface area contributed by atoms with Crippen LogP contribution in [-0.4, -0.2) is 48.1 Å². The van der Waals surface area contributed by atoms with Gasteiger partial charge in [-0.2, -0.15) is 35.1 Å². The van der Waals surface area contributed by atoms with E-state index in [4.69, 9.17) is 0 Å². The van der Waals surface area contributed by atoms with Crippen molar-refractivity contribution in [2.24, 2.45) is 0 Å². The molecule has 0 amide bonds. The highest BCUT2D eigenvalue weighted by Crippen LogP contribution is 2.56. The maximum Gasteiger partial charge on any atom is 0.392 e. The molecule has 0 spiro atoms. The summed E-state index contributed by atoms with van der Waals surface area (Å²) >= 11 is 3.51. The predicted molar refractivity (Wildman–Crippen MR) is 46.3 cm³/mol. The van der Waals surface area contributed by atoms with E-state index in [0.29, 0.717) is 0 Å². The Morgan fingerprint density at radius 1 is 0.591 bits per heavy atom. The van der Waals surface area contributed by atoms with Crippen LogP contribution in [0.25, 0.3) is 0 Å². The van der Waals surface area contributed by atoms with Crippen LogP contribution in [-0.2, 0) is 0 Å². The smallest absolute Gasteiger partial charge is 0.241 e. The second-order valence-electron chi connectivity index (χ2n) is 3.89. The first kappa shape index (κ1) is 21.4. The summed E-state index contributed by atoms with van der Waals surface area (Å²) in [4.78, 5) is 0. The Morgan fingerprint density at radius 2 is 0.955 bits per heavy atom. The maximum absolute atomic E-state index is 12.8. The number of hydrogen-bond acceptors (Lipinski definition) is 0. The fourth-order valence-corrected chi connectivity index (χ4v) is 1.18. The Labute approximate surface area is 118 Å². The fraction of sp³-hybridized carbons (Fsp3) is 1.00. The SMILES string of the molecule is FC(F)C(F)C(F)C(F)C(F)(F)C(F)(F)C(F)(F)C(F)(F)Cl. The lowest BCUT2D eigenvalue weighted by Gasteiger charge is -2.36. The quantitative estimate of drug-likeness (QED) is 0.429. The van der Waals surface area contributed by atoms with Gasteiger partial charge in [0.15, 0.2) is 12.3 Å². The Balaban J connectivity index is 5.71. The van der Waals surface area contributed by atoms with Crippen molar-refractivity contribution in [3.8, 4) is 0 Å². The van der Waals surface area contributed by atoms with E-state index in [1.807, 2.05) is 0 Å². The van der Waals surface area contributed by atoms with Crippen LogP contribution < -0.4 is 0 Å². The first-order chi connectivity index (χ1) is 9.43. The molecule has 0 saturated carbocycles. The molecule has 0 aliphatic heterocycles. The first-order valence-electron chi connectivity index (χ1n) is 4.83. The molecule has 0 aromatic rings.